The second kappa shape index (κ2) is 6.73. The molecule has 128 valence electrons. The first kappa shape index (κ1) is 19.2. The number of morpholine rings is 1. The van der Waals surface area contributed by atoms with E-state index in [0.29, 0.717) is 0 Å². The minimum atomic E-state index is -6.53. The van der Waals surface area contributed by atoms with Crippen molar-refractivity contribution in [3.05, 3.63) is 11.8 Å². The van der Waals surface area contributed by atoms with E-state index in [1.54, 1.807) is 0 Å². The summed E-state index contributed by atoms with van der Waals surface area (Å²) in [6.07, 6.45) is -6.42. The van der Waals surface area contributed by atoms with Crippen molar-refractivity contribution in [3.63, 3.8) is 0 Å². The molecular weight excluding hydrogens is 391 g/mol. The molecule has 0 amide bonds. The molecule has 1 heterocycles. The van der Waals surface area contributed by atoms with Crippen LogP contribution in [0.2, 0.25) is 0 Å². The Kier molecular flexibility index (Phi) is 5.88. The van der Waals surface area contributed by atoms with Gasteiger partial charge in [0.2, 0.25) is 5.78 Å². The van der Waals surface area contributed by atoms with Crippen LogP contribution in [0, 0.1) is 0 Å². The molecule has 0 aromatic carbocycles. The van der Waals surface area contributed by atoms with E-state index in [2.05, 4.69) is 15.9 Å². The van der Waals surface area contributed by atoms with Crippen LogP contribution in [0.3, 0.4) is 0 Å². The van der Waals surface area contributed by atoms with Crippen LogP contribution in [0.5, 0.6) is 0 Å². The van der Waals surface area contributed by atoms with Gasteiger partial charge >= 0.3 is 18.0 Å². The van der Waals surface area contributed by atoms with E-state index in [1.165, 1.54) is 4.90 Å². The molecule has 0 aliphatic carbocycles. The van der Waals surface area contributed by atoms with Crippen molar-refractivity contribution in [2.24, 2.45) is 0 Å². The highest BCUT2D eigenvalue weighted by molar-refractivity contribution is 9.09. The Labute approximate surface area is 129 Å². The Hall–Kier alpha value is -0.840. The van der Waals surface area contributed by atoms with Crippen LogP contribution in [-0.2, 0) is 9.53 Å². The number of nitrogens with zero attached hydrogens (tertiary/aromatic N) is 1. The molecule has 1 aliphatic rings. The largest absolute Gasteiger partial charge is 0.460 e. The Morgan fingerprint density at radius 3 is 2.00 bits per heavy atom. The minimum absolute atomic E-state index is 0.111. The fourth-order valence-corrected chi connectivity index (χ4v) is 2.16. The van der Waals surface area contributed by atoms with Crippen LogP contribution in [0.4, 0.5) is 30.7 Å². The second-order valence-electron chi connectivity index (χ2n) is 4.38. The fraction of sp³-hybridized carbons (Fsp3) is 0.727. The lowest BCUT2D eigenvalue weighted by molar-refractivity contribution is -0.342. The number of hydrogen-bond acceptors (Lipinski definition) is 3. The summed E-state index contributed by atoms with van der Waals surface area (Å²) in [5.74, 6) is -14.9. The Balaban J connectivity index is 3.03. The number of hydrogen-bond donors (Lipinski definition) is 0. The van der Waals surface area contributed by atoms with Crippen LogP contribution >= 0.6 is 15.9 Å². The average molecular weight is 402 g/mol. The van der Waals surface area contributed by atoms with Crippen molar-refractivity contribution < 1.29 is 40.3 Å². The van der Waals surface area contributed by atoms with Gasteiger partial charge in [-0.2, -0.15) is 30.7 Å². The smallest absolute Gasteiger partial charge is 0.378 e. The topological polar surface area (TPSA) is 29.5 Å². The van der Waals surface area contributed by atoms with Gasteiger partial charge in [-0.3, -0.25) is 4.79 Å². The third kappa shape index (κ3) is 3.73. The summed E-state index contributed by atoms with van der Waals surface area (Å²) >= 11 is 2.88. The third-order valence-electron chi connectivity index (χ3n) is 2.91. The third-order valence-corrected chi connectivity index (χ3v) is 3.49. The van der Waals surface area contributed by atoms with E-state index in [1.807, 2.05) is 0 Å². The van der Waals surface area contributed by atoms with Crippen molar-refractivity contribution in [3.8, 4) is 0 Å². The highest BCUT2D eigenvalue weighted by Crippen LogP contribution is 2.47. The molecule has 0 radical (unpaired) electrons. The van der Waals surface area contributed by atoms with Crippen molar-refractivity contribution in [2.75, 3.05) is 31.6 Å². The van der Waals surface area contributed by atoms with Crippen LogP contribution in [0.25, 0.3) is 0 Å². The normalized spacial score (nSPS) is 18.5. The van der Waals surface area contributed by atoms with Gasteiger partial charge in [-0.15, -0.1) is 0 Å². The number of ketones is 1. The van der Waals surface area contributed by atoms with E-state index >= 15 is 0 Å². The molecule has 0 bridgehead atoms. The molecule has 11 heteroatoms. The first-order valence-electron chi connectivity index (χ1n) is 5.91. The number of carbonyl (C=O) groups excluding carboxylic acids is 1. The number of halogens is 8. The molecule has 0 spiro atoms. The van der Waals surface area contributed by atoms with Gasteiger partial charge in [0.25, 0.3) is 0 Å². The highest BCUT2D eigenvalue weighted by atomic mass is 79.9. The van der Waals surface area contributed by atoms with Crippen LogP contribution < -0.4 is 0 Å². The number of rotatable bonds is 5. The predicted octanol–water partition coefficient (Wildman–Crippen LogP) is 3.00. The van der Waals surface area contributed by atoms with Crippen LogP contribution in [0.15, 0.2) is 11.8 Å². The maximum absolute atomic E-state index is 13.2. The number of alkyl halides is 8. The summed E-state index contributed by atoms with van der Waals surface area (Å²) in [6.45, 7) is 0.833. The maximum Gasteiger partial charge on any atom is 0.460 e. The summed E-state index contributed by atoms with van der Waals surface area (Å²) in [6, 6.07) is 0. The standard InChI is InChI=1S/C11H11BrF7NO2/c12-6-7(20-1-3-22-4-2-20)5-8(21)9(13,14)10(15,16)11(17,18)19/h5H,1-4,6H2/b7-5+. The molecule has 0 N–H and O–H groups in total. The van der Waals surface area contributed by atoms with E-state index in [4.69, 9.17) is 4.74 Å². The quantitative estimate of drug-likeness (QED) is 0.403. The van der Waals surface area contributed by atoms with Crippen molar-refractivity contribution in [1.29, 1.82) is 0 Å². The van der Waals surface area contributed by atoms with Gasteiger partial charge in [0.1, 0.15) is 0 Å². The average Bonchev–Trinajstić information content (AvgIpc) is 2.43. The monoisotopic (exact) mass is 401 g/mol. The minimum Gasteiger partial charge on any atom is -0.378 e. The first-order valence-corrected chi connectivity index (χ1v) is 7.03. The summed E-state index contributed by atoms with van der Waals surface area (Å²) in [5.41, 5.74) is -0.119. The van der Waals surface area contributed by atoms with E-state index < -0.39 is 23.8 Å². The predicted molar refractivity (Wildman–Crippen MR) is 65.2 cm³/mol. The zero-order valence-electron chi connectivity index (χ0n) is 10.9. The summed E-state index contributed by atoms with van der Waals surface area (Å²) in [4.78, 5) is 12.7. The number of ether oxygens (including phenoxy) is 1. The zero-order chi connectivity index (χ0) is 17.2. The molecule has 22 heavy (non-hydrogen) atoms. The molecule has 0 saturated carbocycles. The molecule has 0 unspecified atom stereocenters. The van der Waals surface area contributed by atoms with Gasteiger partial charge in [-0.1, -0.05) is 15.9 Å². The van der Waals surface area contributed by atoms with E-state index in [9.17, 15) is 35.5 Å². The first-order chi connectivity index (χ1) is 9.95. The molecule has 1 fully saturated rings. The summed E-state index contributed by atoms with van der Waals surface area (Å²) in [7, 11) is 0. The lowest BCUT2D eigenvalue weighted by Gasteiger charge is -2.31. The molecule has 3 nitrogen and oxygen atoms in total. The molecule has 0 aromatic rings. The maximum atomic E-state index is 13.2. The number of allylic oxidation sites excluding steroid dienone is 2. The highest BCUT2D eigenvalue weighted by Gasteiger charge is 2.75. The molecule has 1 aliphatic heterocycles. The van der Waals surface area contributed by atoms with Gasteiger partial charge in [-0.05, 0) is 0 Å². The molecule has 0 atom stereocenters. The van der Waals surface area contributed by atoms with E-state index in [0.717, 1.165) is 0 Å². The fourth-order valence-electron chi connectivity index (χ4n) is 1.64. The zero-order valence-corrected chi connectivity index (χ0v) is 12.5. The molecule has 1 saturated heterocycles. The van der Waals surface area contributed by atoms with Gasteiger partial charge in [0.05, 0.1) is 13.2 Å². The van der Waals surface area contributed by atoms with Crippen molar-refractivity contribution in [2.45, 2.75) is 18.0 Å². The lowest BCUT2D eigenvalue weighted by Crippen LogP contribution is -2.55. The van der Waals surface area contributed by atoms with Crippen molar-refractivity contribution >= 4 is 21.7 Å². The van der Waals surface area contributed by atoms with Gasteiger partial charge in [-0.25, -0.2) is 0 Å². The lowest BCUT2D eigenvalue weighted by atomic mass is 10.1. The molecular formula is C11H11BrF7NO2. The molecule has 1 rings (SSSR count). The van der Waals surface area contributed by atoms with Crippen LogP contribution in [0.1, 0.15) is 0 Å². The van der Waals surface area contributed by atoms with Gasteiger partial charge < -0.3 is 9.64 Å². The molecule has 0 aromatic heterocycles. The SMILES string of the molecule is O=C(/C=C(\CBr)N1CCOCC1)C(F)(F)C(F)(F)C(F)(F)F. The van der Waals surface area contributed by atoms with Crippen LogP contribution in [-0.4, -0.2) is 60.3 Å². The van der Waals surface area contributed by atoms with E-state index in [-0.39, 0.29) is 43.4 Å². The van der Waals surface area contributed by atoms with Gasteiger partial charge in [0.15, 0.2) is 0 Å². The van der Waals surface area contributed by atoms with Crippen molar-refractivity contribution in [1.82, 2.24) is 4.90 Å². The Morgan fingerprint density at radius 1 is 1.09 bits per heavy atom. The van der Waals surface area contributed by atoms with Gasteiger partial charge in [0, 0.05) is 30.2 Å². The Bertz CT molecular complexity index is 444. The Morgan fingerprint density at radius 2 is 1.59 bits per heavy atom. The number of carbonyl (C=O) groups is 1. The summed E-state index contributed by atoms with van der Waals surface area (Å²) in [5, 5.41) is -0.160. The second-order valence-corrected chi connectivity index (χ2v) is 4.94. The summed E-state index contributed by atoms with van der Waals surface area (Å²) < 4.78 is 93.1.